The Kier molecular flexibility index (Phi) is 7.11. The maximum atomic E-state index is 12.6. The molecule has 1 amide bonds. The molecule has 5 heteroatoms. The highest BCUT2D eigenvalue weighted by molar-refractivity contribution is 7.49. The van der Waals surface area contributed by atoms with Gasteiger partial charge in [0.25, 0.3) is 5.91 Å². The molecule has 0 aromatic heterocycles. The number of hydrogen-bond acceptors (Lipinski definition) is 2. The summed E-state index contributed by atoms with van der Waals surface area (Å²) in [6.07, 6.45) is 1.74. The van der Waals surface area contributed by atoms with E-state index in [1.807, 2.05) is 30.3 Å². The Morgan fingerprint density at radius 2 is 1.25 bits per heavy atom. The van der Waals surface area contributed by atoms with Gasteiger partial charge in [0.1, 0.15) is 0 Å². The van der Waals surface area contributed by atoms with Crippen LogP contribution in [0.3, 0.4) is 0 Å². The van der Waals surface area contributed by atoms with Gasteiger partial charge < -0.3 is 0 Å². The van der Waals surface area contributed by atoms with E-state index in [4.69, 9.17) is 0 Å². The molecular weight excluding hydrogens is 424 g/mol. The number of rotatable bonds is 7. The Labute approximate surface area is 193 Å². The minimum absolute atomic E-state index is 0.215. The summed E-state index contributed by atoms with van der Waals surface area (Å²) < 4.78 is 0. The van der Waals surface area contributed by atoms with Crippen molar-refractivity contribution in [3.63, 3.8) is 0 Å². The van der Waals surface area contributed by atoms with Crippen molar-refractivity contribution in [1.82, 2.24) is 0 Å². The topological polar surface area (TPSA) is 32.7 Å². The second-order valence-electron chi connectivity index (χ2n) is 9.22. The number of carbonyl (C=O) groups is 1. The second-order valence-corrected chi connectivity index (χ2v) is 24.4. The third-order valence-electron chi connectivity index (χ3n) is 6.57. The summed E-state index contributed by atoms with van der Waals surface area (Å²) in [6.45, 7) is 15.4. The van der Waals surface area contributed by atoms with Gasteiger partial charge in [-0.15, -0.1) is 0 Å². The number of benzene rings is 3. The lowest BCUT2D eigenvalue weighted by Gasteiger charge is -2.39. The van der Waals surface area contributed by atoms with Gasteiger partial charge in [-0.1, -0.05) is 116 Å². The molecule has 0 atom stereocenters. The maximum Gasteiger partial charge on any atom is 0.273 e. The van der Waals surface area contributed by atoms with E-state index in [9.17, 15) is 4.79 Å². The number of nitrogens with zero attached hydrogens (tertiary/aromatic N) is 2. The number of hydrogen-bond donors (Lipinski definition) is 0. The van der Waals surface area contributed by atoms with Gasteiger partial charge in [-0.3, -0.25) is 4.79 Å². The first-order valence-electron chi connectivity index (χ1n) is 10.9. The lowest BCUT2D eigenvalue weighted by Crippen LogP contribution is -2.69. The second kappa shape index (κ2) is 9.63. The van der Waals surface area contributed by atoms with E-state index in [1.165, 1.54) is 15.4 Å². The minimum atomic E-state index is -1.68. The Balaban J connectivity index is 1.86. The van der Waals surface area contributed by atoms with Crippen molar-refractivity contribution in [2.24, 2.45) is 5.10 Å². The van der Waals surface area contributed by atoms with E-state index in [0.717, 1.165) is 11.3 Å². The fraction of sp³-hybridized carbons (Fsp3) is 0.185. The highest BCUT2D eigenvalue weighted by Crippen LogP contribution is 2.20. The molecule has 32 heavy (non-hydrogen) atoms. The zero-order valence-corrected chi connectivity index (χ0v) is 21.7. The summed E-state index contributed by atoms with van der Waals surface area (Å²) in [4.78, 5) is 12.6. The molecule has 3 rings (SSSR count). The Hall–Kier alpha value is -3.03. The van der Waals surface area contributed by atoms with Crippen LogP contribution >= 0.6 is 0 Å². The normalized spacial score (nSPS) is 12.0. The first kappa shape index (κ1) is 23.6. The average Bonchev–Trinajstić information content (AvgIpc) is 2.80. The summed E-state index contributed by atoms with van der Waals surface area (Å²) >= 11 is 0. The van der Waals surface area contributed by atoms with Crippen LogP contribution < -0.4 is 15.4 Å². The average molecular weight is 457 g/mol. The van der Waals surface area contributed by atoms with Gasteiger partial charge in [-0.05, 0) is 24.6 Å². The molecule has 0 saturated heterocycles. The largest absolute Gasteiger partial charge is 0.273 e. The van der Waals surface area contributed by atoms with E-state index in [-0.39, 0.29) is 5.91 Å². The molecule has 0 N–H and O–H groups in total. The molecule has 0 aliphatic carbocycles. The third-order valence-corrected chi connectivity index (χ3v) is 24.4. The van der Waals surface area contributed by atoms with Gasteiger partial charge in [0.05, 0.1) is 27.1 Å². The van der Waals surface area contributed by atoms with Crippen molar-refractivity contribution in [2.45, 2.75) is 33.1 Å². The molecular formula is C27H32N2OSi2. The lowest BCUT2D eigenvalue weighted by molar-refractivity contribution is -0.115. The zero-order valence-electron chi connectivity index (χ0n) is 19.7. The molecule has 0 spiro atoms. The number of carbonyl (C=O) groups excluding carboxylic acids is 1. The fourth-order valence-corrected chi connectivity index (χ4v) is 12.5. The molecule has 0 aliphatic rings. The number of amides is 1. The van der Waals surface area contributed by atoms with Crippen LogP contribution in [0.25, 0.3) is 0 Å². The molecule has 0 saturated carbocycles. The SMILES string of the molecule is C=C(C)C(=O)N(/N=C/c1ccc([Si](C)(C)[Si](C)(C)c2ccccc2)cc1)c1ccccc1. The molecule has 3 aromatic rings. The maximum absolute atomic E-state index is 12.6. The molecule has 3 aromatic carbocycles. The predicted octanol–water partition coefficient (Wildman–Crippen LogP) is 5.24. The number of hydrazone groups is 1. The summed E-state index contributed by atoms with van der Waals surface area (Å²) in [5.41, 5.74) is 2.13. The molecule has 164 valence electrons. The van der Waals surface area contributed by atoms with Crippen molar-refractivity contribution >= 4 is 43.4 Å². The van der Waals surface area contributed by atoms with Crippen molar-refractivity contribution in [1.29, 1.82) is 0 Å². The Bertz CT molecular complexity index is 1110. The van der Waals surface area contributed by atoms with Crippen molar-refractivity contribution in [2.75, 3.05) is 5.01 Å². The summed E-state index contributed by atoms with van der Waals surface area (Å²) in [7, 11) is -3.31. The van der Waals surface area contributed by atoms with Gasteiger partial charge in [0.15, 0.2) is 0 Å². The van der Waals surface area contributed by atoms with Crippen LogP contribution in [-0.4, -0.2) is 27.3 Å². The quantitative estimate of drug-likeness (QED) is 0.207. The molecule has 0 unspecified atom stereocenters. The number of para-hydroxylation sites is 1. The van der Waals surface area contributed by atoms with Crippen molar-refractivity contribution in [3.05, 3.63) is 103 Å². The standard InChI is InChI=1S/C27H32N2OSi2/c1-22(2)27(30)29(24-13-9-7-10-14-24)28-21-23-17-19-26(20-18-23)32(5,6)31(3,4)25-15-11-8-12-16-25/h7-21H,1H2,2-6H3/b28-21+. The molecule has 0 fully saturated rings. The lowest BCUT2D eigenvalue weighted by atomic mass is 10.2. The van der Waals surface area contributed by atoms with Crippen LogP contribution in [0.1, 0.15) is 12.5 Å². The van der Waals surface area contributed by atoms with Crippen LogP contribution in [0.15, 0.2) is 102 Å². The third kappa shape index (κ3) is 4.89. The van der Waals surface area contributed by atoms with E-state index >= 15 is 0 Å². The molecule has 3 nitrogen and oxygen atoms in total. The van der Waals surface area contributed by atoms with Gasteiger partial charge in [-0.25, -0.2) is 0 Å². The Morgan fingerprint density at radius 1 is 0.781 bits per heavy atom. The van der Waals surface area contributed by atoms with E-state index < -0.39 is 15.2 Å². The van der Waals surface area contributed by atoms with Crippen LogP contribution in [0, 0.1) is 0 Å². The fourth-order valence-electron chi connectivity index (χ4n) is 3.67. The van der Waals surface area contributed by atoms with Gasteiger partial charge in [0, 0.05) is 5.57 Å². The first-order valence-corrected chi connectivity index (χ1v) is 17.9. The predicted molar refractivity (Wildman–Crippen MR) is 143 cm³/mol. The van der Waals surface area contributed by atoms with E-state index in [1.54, 1.807) is 13.1 Å². The number of anilines is 1. The highest BCUT2D eigenvalue weighted by Gasteiger charge is 2.43. The van der Waals surface area contributed by atoms with Crippen LogP contribution in [0.2, 0.25) is 26.2 Å². The zero-order chi connectivity index (χ0) is 23.4. The van der Waals surface area contributed by atoms with Crippen LogP contribution in [-0.2, 0) is 4.79 Å². The van der Waals surface area contributed by atoms with Crippen LogP contribution in [0.4, 0.5) is 5.69 Å². The highest BCUT2D eigenvalue weighted by atomic mass is 29.3. The van der Waals surface area contributed by atoms with E-state index in [0.29, 0.717) is 5.57 Å². The molecule has 0 heterocycles. The van der Waals surface area contributed by atoms with Gasteiger partial charge in [-0.2, -0.15) is 10.1 Å². The van der Waals surface area contributed by atoms with Crippen LogP contribution in [0.5, 0.6) is 0 Å². The van der Waals surface area contributed by atoms with Gasteiger partial charge in [0.2, 0.25) is 0 Å². The Morgan fingerprint density at radius 3 is 1.75 bits per heavy atom. The minimum Gasteiger partial charge on any atom is -0.267 e. The van der Waals surface area contributed by atoms with Crippen molar-refractivity contribution < 1.29 is 4.79 Å². The first-order chi connectivity index (χ1) is 15.1. The molecule has 0 bridgehead atoms. The summed E-state index contributed by atoms with van der Waals surface area (Å²) in [5.74, 6) is -0.215. The molecule has 0 aliphatic heterocycles. The van der Waals surface area contributed by atoms with Gasteiger partial charge >= 0.3 is 0 Å². The monoisotopic (exact) mass is 456 g/mol. The summed E-state index contributed by atoms with van der Waals surface area (Å²) in [6, 6.07) is 29.1. The van der Waals surface area contributed by atoms with E-state index in [2.05, 4.69) is 92.5 Å². The van der Waals surface area contributed by atoms with Crippen molar-refractivity contribution in [3.8, 4) is 0 Å². The smallest absolute Gasteiger partial charge is 0.267 e. The summed E-state index contributed by atoms with van der Waals surface area (Å²) in [5, 5.41) is 8.86. The molecule has 0 radical (unpaired) electrons.